The minimum Gasteiger partial charge on any atom is -0.388 e. The van der Waals surface area contributed by atoms with Crippen LogP contribution in [0.3, 0.4) is 0 Å². The van der Waals surface area contributed by atoms with E-state index in [-0.39, 0.29) is 0 Å². The molecule has 0 spiro atoms. The molecule has 2 aromatic rings. The molecule has 108 valence electrons. The average Bonchev–Trinajstić information content (AvgIpc) is 2.69. The highest BCUT2D eigenvalue weighted by atomic mass is 35.5. The summed E-state index contributed by atoms with van der Waals surface area (Å²) in [7, 11) is 1.85. The molecule has 5 heteroatoms. The second-order valence-corrected chi connectivity index (χ2v) is 5.64. The van der Waals surface area contributed by atoms with Crippen LogP contribution in [0, 0.1) is 6.92 Å². The third-order valence-corrected chi connectivity index (χ3v) is 4.40. The maximum Gasteiger partial charge on any atom is 0.0850 e. The van der Waals surface area contributed by atoms with Crippen LogP contribution in [0.25, 0.3) is 0 Å². The van der Waals surface area contributed by atoms with Crippen LogP contribution in [0.15, 0.2) is 18.2 Å². The minimum absolute atomic E-state index is 0.420. The molecule has 0 radical (unpaired) electrons. The average molecular weight is 313 g/mol. The van der Waals surface area contributed by atoms with E-state index in [1.54, 1.807) is 4.68 Å². The summed E-state index contributed by atoms with van der Waals surface area (Å²) < 4.78 is 1.74. The van der Waals surface area contributed by atoms with Gasteiger partial charge in [0.05, 0.1) is 22.5 Å². The van der Waals surface area contributed by atoms with E-state index in [9.17, 15) is 5.11 Å². The molecule has 0 amide bonds. The Bertz CT molecular complexity index is 623. The molecular formula is C15H18Cl2N2O. The predicted octanol–water partition coefficient (Wildman–Crippen LogP) is 3.87. The summed E-state index contributed by atoms with van der Waals surface area (Å²) in [5, 5.41) is 16.1. The molecule has 1 unspecified atom stereocenters. The van der Waals surface area contributed by atoms with Crippen molar-refractivity contribution in [2.75, 3.05) is 0 Å². The fourth-order valence-corrected chi connectivity index (χ4v) is 2.87. The van der Waals surface area contributed by atoms with E-state index in [1.807, 2.05) is 39.1 Å². The van der Waals surface area contributed by atoms with Gasteiger partial charge in [-0.3, -0.25) is 4.68 Å². The van der Waals surface area contributed by atoms with Crippen LogP contribution >= 0.6 is 23.2 Å². The third kappa shape index (κ3) is 2.85. The minimum atomic E-state index is -0.647. The number of hydrogen-bond acceptors (Lipinski definition) is 2. The first-order valence-corrected chi connectivity index (χ1v) is 7.34. The van der Waals surface area contributed by atoms with E-state index in [2.05, 4.69) is 5.10 Å². The van der Waals surface area contributed by atoms with Crippen molar-refractivity contribution in [3.63, 3.8) is 0 Å². The zero-order chi connectivity index (χ0) is 14.9. The molecule has 2 rings (SSSR count). The Labute approximate surface area is 129 Å². The van der Waals surface area contributed by atoms with Gasteiger partial charge in [0.15, 0.2) is 0 Å². The molecule has 1 aromatic heterocycles. The number of aliphatic hydroxyl groups is 1. The first-order chi connectivity index (χ1) is 9.45. The maximum atomic E-state index is 10.5. The van der Waals surface area contributed by atoms with Gasteiger partial charge in [0.2, 0.25) is 0 Å². The van der Waals surface area contributed by atoms with Crippen LogP contribution < -0.4 is 0 Å². The summed E-state index contributed by atoms with van der Waals surface area (Å²) in [5.41, 5.74) is 3.43. The zero-order valence-corrected chi connectivity index (χ0v) is 13.3. The van der Waals surface area contributed by atoms with Crippen molar-refractivity contribution in [2.45, 2.75) is 32.8 Å². The summed E-state index contributed by atoms with van der Waals surface area (Å²) in [6.07, 6.45) is 0.550. The van der Waals surface area contributed by atoms with Crippen molar-refractivity contribution in [1.29, 1.82) is 0 Å². The Balaban J connectivity index is 2.30. The number of nitrogens with zero attached hydrogens (tertiary/aromatic N) is 2. The highest BCUT2D eigenvalue weighted by molar-refractivity contribution is 6.32. The Kier molecular flexibility index (Phi) is 4.74. The Hall–Kier alpha value is -1.03. The van der Waals surface area contributed by atoms with Gasteiger partial charge in [-0.25, -0.2) is 0 Å². The molecule has 0 bridgehead atoms. The molecule has 0 saturated heterocycles. The monoisotopic (exact) mass is 312 g/mol. The molecule has 0 fully saturated rings. The standard InChI is InChI=1S/C15H18Cl2N2O/c1-4-12-15(17)13(19(3)18-12)8-14(20)10-6-5-7-11(16)9(10)2/h5-7,14,20H,4,8H2,1-3H3. The Morgan fingerprint density at radius 1 is 1.35 bits per heavy atom. The molecule has 3 nitrogen and oxygen atoms in total. The molecule has 0 aliphatic heterocycles. The smallest absolute Gasteiger partial charge is 0.0850 e. The van der Waals surface area contributed by atoms with Gasteiger partial charge in [-0.2, -0.15) is 5.10 Å². The van der Waals surface area contributed by atoms with Crippen molar-refractivity contribution in [2.24, 2.45) is 7.05 Å². The van der Waals surface area contributed by atoms with Crippen LogP contribution in [0.5, 0.6) is 0 Å². The van der Waals surface area contributed by atoms with Crippen LogP contribution in [-0.4, -0.2) is 14.9 Å². The summed E-state index contributed by atoms with van der Waals surface area (Å²) in [5.74, 6) is 0. The van der Waals surface area contributed by atoms with E-state index >= 15 is 0 Å². The van der Waals surface area contributed by atoms with Crippen molar-refractivity contribution in [3.05, 3.63) is 50.8 Å². The summed E-state index contributed by atoms with van der Waals surface area (Å²) >= 11 is 12.4. The number of halogens is 2. The summed E-state index contributed by atoms with van der Waals surface area (Å²) in [6, 6.07) is 5.55. The van der Waals surface area contributed by atoms with Gasteiger partial charge in [0.25, 0.3) is 0 Å². The highest BCUT2D eigenvalue weighted by Gasteiger charge is 2.19. The van der Waals surface area contributed by atoms with Gasteiger partial charge in [-0.1, -0.05) is 42.3 Å². The Morgan fingerprint density at radius 3 is 2.65 bits per heavy atom. The lowest BCUT2D eigenvalue weighted by Crippen LogP contribution is -2.08. The third-order valence-electron chi connectivity index (χ3n) is 3.56. The quantitative estimate of drug-likeness (QED) is 0.930. The lowest BCUT2D eigenvalue weighted by Gasteiger charge is -2.15. The number of aliphatic hydroxyl groups excluding tert-OH is 1. The number of hydrogen-bond donors (Lipinski definition) is 1. The molecule has 1 atom stereocenters. The number of benzene rings is 1. The molecule has 0 saturated carbocycles. The fourth-order valence-electron chi connectivity index (χ4n) is 2.32. The van der Waals surface area contributed by atoms with Gasteiger partial charge in [0, 0.05) is 18.5 Å². The number of aryl methyl sites for hydroxylation is 2. The molecule has 1 heterocycles. The lowest BCUT2D eigenvalue weighted by atomic mass is 10.00. The van der Waals surface area contributed by atoms with Gasteiger partial charge >= 0.3 is 0 Å². The van der Waals surface area contributed by atoms with E-state index in [4.69, 9.17) is 23.2 Å². The lowest BCUT2D eigenvalue weighted by molar-refractivity contribution is 0.175. The van der Waals surface area contributed by atoms with Gasteiger partial charge < -0.3 is 5.11 Å². The van der Waals surface area contributed by atoms with E-state index < -0.39 is 6.10 Å². The van der Waals surface area contributed by atoms with Crippen LogP contribution in [0.4, 0.5) is 0 Å². The first-order valence-electron chi connectivity index (χ1n) is 6.59. The molecule has 0 aliphatic rings. The second-order valence-electron chi connectivity index (χ2n) is 4.86. The largest absolute Gasteiger partial charge is 0.388 e. The normalized spacial score (nSPS) is 12.7. The van der Waals surface area contributed by atoms with Crippen molar-refractivity contribution in [3.8, 4) is 0 Å². The topological polar surface area (TPSA) is 38.0 Å². The van der Waals surface area contributed by atoms with Crippen molar-refractivity contribution >= 4 is 23.2 Å². The van der Waals surface area contributed by atoms with Crippen molar-refractivity contribution in [1.82, 2.24) is 9.78 Å². The summed E-state index contributed by atoms with van der Waals surface area (Å²) in [4.78, 5) is 0. The molecule has 20 heavy (non-hydrogen) atoms. The van der Waals surface area contributed by atoms with E-state index in [0.717, 1.165) is 28.9 Å². The SMILES string of the molecule is CCc1nn(C)c(CC(O)c2cccc(Cl)c2C)c1Cl. The highest BCUT2D eigenvalue weighted by Crippen LogP contribution is 2.29. The molecule has 1 aromatic carbocycles. The predicted molar refractivity (Wildman–Crippen MR) is 82.4 cm³/mol. The molecular weight excluding hydrogens is 295 g/mol. The molecule has 1 N–H and O–H groups in total. The van der Waals surface area contributed by atoms with Crippen LogP contribution in [-0.2, 0) is 19.9 Å². The maximum absolute atomic E-state index is 10.5. The number of rotatable bonds is 4. The zero-order valence-electron chi connectivity index (χ0n) is 11.8. The Morgan fingerprint density at radius 2 is 2.05 bits per heavy atom. The van der Waals surface area contributed by atoms with E-state index in [1.165, 1.54) is 0 Å². The first kappa shape index (κ1) is 15.4. The van der Waals surface area contributed by atoms with Gasteiger partial charge in [-0.05, 0) is 30.5 Å². The molecule has 0 aliphatic carbocycles. The van der Waals surface area contributed by atoms with Crippen LogP contribution in [0.2, 0.25) is 10.0 Å². The number of aromatic nitrogens is 2. The van der Waals surface area contributed by atoms with Crippen LogP contribution in [0.1, 0.15) is 35.5 Å². The van der Waals surface area contributed by atoms with Crippen molar-refractivity contribution < 1.29 is 5.11 Å². The second kappa shape index (κ2) is 6.17. The van der Waals surface area contributed by atoms with E-state index in [0.29, 0.717) is 16.5 Å². The summed E-state index contributed by atoms with van der Waals surface area (Å²) in [6.45, 7) is 3.92. The van der Waals surface area contributed by atoms with Gasteiger partial charge in [0.1, 0.15) is 0 Å². The van der Waals surface area contributed by atoms with Gasteiger partial charge in [-0.15, -0.1) is 0 Å². The fraction of sp³-hybridized carbons (Fsp3) is 0.400.